The summed E-state index contributed by atoms with van der Waals surface area (Å²) in [4.78, 5) is 25.0. The molecule has 3 fully saturated rings. The Hall–Kier alpha value is -1.92. The zero-order chi connectivity index (χ0) is 19.5. The molecule has 1 amide bonds. The molecule has 2 aliphatic heterocycles. The Morgan fingerprint density at radius 3 is 2.86 bits per heavy atom. The number of ketones is 1. The maximum Gasteiger partial charge on any atom is 0.252 e. The molecular weight excluding hydrogens is 356 g/mol. The molecule has 6 nitrogen and oxygen atoms in total. The largest absolute Gasteiger partial charge is 0.480 e. The summed E-state index contributed by atoms with van der Waals surface area (Å²) >= 11 is 0. The molecule has 28 heavy (non-hydrogen) atoms. The first-order valence-corrected chi connectivity index (χ1v) is 10.5. The smallest absolute Gasteiger partial charge is 0.252 e. The van der Waals surface area contributed by atoms with Gasteiger partial charge in [-0.25, -0.2) is 0 Å². The number of rotatable bonds is 3. The van der Waals surface area contributed by atoms with Crippen molar-refractivity contribution < 1.29 is 23.9 Å². The molecule has 148 valence electrons. The number of hydrogen-bond donors (Lipinski definition) is 2. The summed E-state index contributed by atoms with van der Waals surface area (Å²) in [5.74, 6) is 0.718. The summed E-state index contributed by atoms with van der Waals surface area (Å²) in [7, 11) is 2.29. The van der Waals surface area contributed by atoms with Crippen LogP contribution in [0, 0.1) is 5.92 Å². The number of ether oxygens (including phenoxy) is 1. The first-order chi connectivity index (χ1) is 13.3. The molecule has 3 aliphatic carbocycles. The molecule has 0 radical (unpaired) electrons. The number of carbonyl (C=O) groups is 2. The van der Waals surface area contributed by atoms with E-state index in [1.54, 1.807) is 6.07 Å². The normalized spacial score (nSPS) is 42.7. The second kappa shape index (κ2) is 4.97. The lowest BCUT2D eigenvalue weighted by Crippen LogP contribution is -2.80. The monoisotopic (exact) mass is 383 g/mol. The summed E-state index contributed by atoms with van der Waals surface area (Å²) in [5, 5.41) is 12.3. The van der Waals surface area contributed by atoms with Gasteiger partial charge in [0.25, 0.3) is 5.91 Å². The second-order valence-corrected chi connectivity index (χ2v) is 10.00. The van der Waals surface area contributed by atoms with Crippen LogP contribution in [-0.4, -0.2) is 59.2 Å². The Morgan fingerprint density at radius 2 is 2.14 bits per heavy atom. The van der Waals surface area contributed by atoms with Crippen LogP contribution in [0.1, 0.15) is 53.6 Å². The fraction of sp³-hybridized carbons (Fsp3) is 0.636. The minimum Gasteiger partial charge on any atom is -0.480 e. The lowest BCUT2D eigenvalue weighted by molar-refractivity contribution is -0.950. The maximum absolute atomic E-state index is 12.9. The maximum atomic E-state index is 12.9. The Kier molecular flexibility index (Phi) is 3.02. The van der Waals surface area contributed by atoms with Crippen molar-refractivity contribution in [1.82, 2.24) is 0 Å². The number of aliphatic hydroxyl groups is 1. The van der Waals surface area contributed by atoms with Gasteiger partial charge in [-0.15, -0.1) is 0 Å². The number of likely N-dealkylation sites (tertiary alicyclic amines) is 1. The van der Waals surface area contributed by atoms with Crippen molar-refractivity contribution in [2.45, 2.75) is 61.7 Å². The molecule has 1 aromatic rings. The molecule has 2 bridgehead atoms. The Morgan fingerprint density at radius 1 is 1.36 bits per heavy atom. The van der Waals surface area contributed by atoms with E-state index < -0.39 is 23.0 Å². The van der Waals surface area contributed by atoms with E-state index >= 15 is 0 Å². The fourth-order valence-electron chi connectivity index (χ4n) is 7.15. The number of carbonyl (C=O) groups excluding carboxylic acids is 2. The Bertz CT molecular complexity index is 941. The predicted octanol–water partition coefficient (Wildman–Crippen LogP) is 1.06. The molecular formula is C22H27N2O4+. The van der Waals surface area contributed by atoms with Crippen LogP contribution in [0.3, 0.4) is 0 Å². The number of primary amides is 1. The second-order valence-electron chi connectivity index (χ2n) is 10.00. The van der Waals surface area contributed by atoms with Crippen molar-refractivity contribution in [2.75, 3.05) is 20.1 Å². The molecule has 2 saturated carbocycles. The van der Waals surface area contributed by atoms with Gasteiger partial charge in [-0.05, 0) is 30.9 Å². The van der Waals surface area contributed by atoms with Crippen LogP contribution in [0.4, 0.5) is 0 Å². The summed E-state index contributed by atoms with van der Waals surface area (Å²) < 4.78 is 7.06. The van der Waals surface area contributed by atoms with E-state index in [1.165, 1.54) is 12.8 Å². The molecule has 5 aliphatic rings. The number of quaternary nitrogens is 1. The van der Waals surface area contributed by atoms with Crippen molar-refractivity contribution >= 4 is 11.7 Å². The fourth-order valence-corrected chi connectivity index (χ4v) is 7.15. The molecule has 5 atom stereocenters. The minimum absolute atomic E-state index is 0.0428. The highest BCUT2D eigenvalue weighted by molar-refractivity contribution is 5.98. The van der Waals surface area contributed by atoms with Crippen LogP contribution < -0.4 is 10.5 Å². The molecule has 1 aromatic carbocycles. The molecule has 1 saturated heterocycles. The highest BCUT2D eigenvalue weighted by atomic mass is 16.5. The van der Waals surface area contributed by atoms with E-state index in [-0.39, 0.29) is 11.8 Å². The SMILES string of the molecule is C[N@@+]1(CC2CC2)CCC23c4c5ccc(C(N)=O)c4OC2C(=O)CC[C@@]3(O)C1C5. The van der Waals surface area contributed by atoms with Gasteiger partial charge in [0.05, 0.1) is 31.1 Å². The van der Waals surface area contributed by atoms with Gasteiger partial charge >= 0.3 is 0 Å². The van der Waals surface area contributed by atoms with E-state index in [9.17, 15) is 14.7 Å². The first kappa shape index (κ1) is 17.0. The number of nitrogens with two attached hydrogens (primary N) is 1. The van der Waals surface area contributed by atoms with Crippen LogP contribution in [0.25, 0.3) is 0 Å². The van der Waals surface area contributed by atoms with E-state index in [2.05, 4.69) is 7.05 Å². The number of piperidine rings is 1. The van der Waals surface area contributed by atoms with Crippen molar-refractivity contribution in [3.05, 3.63) is 28.8 Å². The molecule has 1 spiro atoms. The quantitative estimate of drug-likeness (QED) is 0.764. The zero-order valence-electron chi connectivity index (χ0n) is 16.2. The summed E-state index contributed by atoms with van der Waals surface area (Å²) in [6.45, 7) is 2.03. The molecule has 6 rings (SSSR count). The number of likely N-dealkylation sites (N-methyl/N-ethyl adjacent to an activating group) is 1. The van der Waals surface area contributed by atoms with Gasteiger partial charge in [0, 0.05) is 30.7 Å². The van der Waals surface area contributed by atoms with Crippen LogP contribution in [0.5, 0.6) is 5.75 Å². The molecule has 6 heteroatoms. The van der Waals surface area contributed by atoms with E-state index in [4.69, 9.17) is 10.5 Å². The van der Waals surface area contributed by atoms with Gasteiger partial charge < -0.3 is 20.1 Å². The van der Waals surface area contributed by atoms with Gasteiger partial charge in [-0.1, -0.05) is 6.07 Å². The van der Waals surface area contributed by atoms with Gasteiger partial charge in [0.15, 0.2) is 11.9 Å². The van der Waals surface area contributed by atoms with Crippen LogP contribution in [0.15, 0.2) is 12.1 Å². The Labute approximate surface area is 164 Å². The number of nitrogens with zero attached hydrogens (tertiary/aromatic N) is 1. The topological polar surface area (TPSA) is 89.6 Å². The summed E-state index contributed by atoms with van der Waals surface area (Å²) in [6.07, 6.45) is 4.16. The van der Waals surface area contributed by atoms with Crippen molar-refractivity contribution in [1.29, 1.82) is 0 Å². The zero-order valence-corrected chi connectivity index (χ0v) is 16.2. The van der Waals surface area contributed by atoms with Crippen molar-refractivity contribution in [2.24, 2.45) is 11.7 Å². The van der Waals surface area contributed by atoms with E-state index in [0.29, 0.717) is 30.6 Å². The molecule has 0 aromatic heterocycles. The van der Waals surface area contributed by atoms with Crippen LogP contribution >= 0.6 is 0 Å². The summed E-state index contributed by atoms with van der Waals surface area (Å²) in [5.41, 5.74) is 6.24. The standard InChI is InChI=1S/C22H26N2O4/c1-24(11-12-2-3-12)9-8-21-17-13-4-5-14(20(23)26)18(17)28-19(21)15(25)6-7-22(21,27)16(24)10-13/h4-5,12,16,19,27H,2-3,6-11H2,1H3,(H-,23,26)/p+1/t16?,19?,21?,22-,24+/m1/s1. The highest BCUT2D eigenvalue weighted by Crippen LogP contribution is 2.65. The third-order valence-corrected chi connectivity index (χ3v) is 8.56. The van der Waals surface area contributed by atoms with Crippen molar-refractivity contribution in [3.8, 4) is 5.75 Å². The lowest BCUT2D eigenvalue weighted by atomic mass is 9.48. The third kappa shape index (κ3) is 1.77. The summed E-state index contributed by atoms with van der Waals surface area (Å²) in [6, 6.07) is 3.77. The van der Waals surface area contributed by atoms with Crippen LogP contribution in [0.2, 0.25) is 0 Å². The number of benzene rings is 1. The number of Topliss-reactive ketones (excluding diaryl/α,β-unsaturated/α-hetero) is 1. The lowest BCUT2D eigenvalue weighted by Gasteiger charge is -2.64. The highest BCUT2D eigenvalue weighted by Gasteiger charge is 2.76. The molecule has 2 heterocycles. The third-order valence-electron chi connectivity index (χ3n) is 8.56. The molecule has 3 unspecified atom stereocenters. The van der Waals surface area contributed by atoms with Gasteiger partial charge in [0.2, 0.25) is 0 Å². The van der Waals surface area contributed by atoms with E-state index in [0.717, 1.165) is 41.0 Å². The first-order valence-electron chi connectivity index (χ1n) is 10.5. The minimum atomic E-state index is -0.984. The van der Waals surface area contributed by atoms with Crippen LogP contribution in [-0.2, 0) is 16.6 Å². The van der Waals surface area contributed by atoms with Crippen molar-refractivity contribution in [3.63, 3.8) is 0 Å². The average molecular weight is 383 g/mol. The molecule has 3 N–H and O–H groups in total. The van der Waals surface area contributed by atoms with Gasteiger partial charge in [0.1, 0.15) is 17.4 Å². The van der Waals surface area contributed by atoms with E-state index in [1.807, 2.05) is 6.07 Å². The van der Waals surface area contributed by atoms with Gasteiger partial charge in [-0.3, -0.25) is 9.59 Å². The predicted molar refractivity (Wildman–Crippen MR) is 101 cm³/mol. The number of hydrogen-bond acceptors (Lipinski definition) is 4. The Balaban J connectivity index is 1.60. The number of amides is 1. The van der Waals surface area contributed by atoms with Gasteiger partial charge in [-0.2, -0.15) is 0 Å². The average Bonchev–Trinajstić information content (AvgIpc) is 3.37.